The van der Waals surface area contributed by atoms with Crippen molar-refractivity contribution in [2.75, 3.05) is 7.11 Å². The van der Waals surface area contributed by atoms with E-state index in [0.29, 0.717) is 5.56 Å². The average molecular weight is 222 g/mol. The van der Waals surface area contributed by atoms with E-state index >= 15 is 0 Å². The van der Waals surface area contributed by atoms with Gasteiger partial charge >= 0.3 is 5.97 Å². The summed E-state index contributed by atoms with van der Waals surface area (Å²) in [7, 11) is 1.37. The smallest absolute Gasteiger partial charge is 0.309 e. The summed E-state index contributed by atoms with van der Waals surface area (Å²) < 4.78 is 18.4. The Morgan fingerprint density at radius 3 is 2.56 bits per heavy atom. The molecule has 1 saturated carbocycles. The summed E-state index contributed by atoms with van der Waals surface area (Å²) in [5.41, 5.74) is 0.401. The van der Waals surface area contributed by atoms with Crippen molar-refractivity contribution < 1.29 is 13.9 Å². The number of carbonyl (C=O) groups is 1. The Morgan fingerprint density at radius 1 is 1.38 bits per heavy atom. The van der Waals surface area contributed by atoms with Crippen molar-refractivity contribution >= 4 is 5.97 Å². The van der Waals surface area contributed by atoms with E-state index < -0.39 is 0 Å². The van der Waals surface area contributed by atoms with Gasteiger partial charge in [-0.2, -0.15) is 0 Å². The van der Waals surface area contributed by atoms with Gasteiger partial charge in [0, 0.05) is 5.92 Å². The van der Waals surface area contributed by atoms with Gasteiger partial charge in [0.1, 0.15) is 5.82 Å². The molecule has 1 fully saturated rings. The normalized spacial score (nSPS) is 26.2. The maximum absolute atomic E-state index is 13.6. The molecule has 3 heteroatoms. The summed E-state index contributed by atoms with van der Waals surface area (Å²) >= 11 is 0. The molecule has 16 heavy (non-hydrogen) atoms. The summed E-state index contributed by atoms with van der Waals surface area (Å²) in [6.07, 6.45) is 0. The molecule has 2 rings (SSSR count). The monoisotopic (exact) mass is 222 g/mol. The Labute approximate surface area is 94.4 Å². The Kier molecular flexibility index (Phi) is 2.49. The average Bonchev–Trinajstić information content (AvgIpc) is 2.81. The molecule has 1 aliphatic rings. The third-order valence-electron chi connectivity index (χ3n) is 3.52. The van der Waals surface area contributed by atoms with E-state index in [-0.39, 0.29) is 29.0 Å². The molecule has 0 radical (unpaired) electrons. The van der Waals surface area contributed by atoms with Crippen LogP contribution in [0.3, 0.4) is 0 Å². The number of ether oxygens (including phenoxy) is 1. The third-order valence-corrected chi connectivity index (χ3v) is 3.52. The van der Waals surface area contributed by atoms with Crippen LogP contribution in [0.5, 0.6) is 0 Å². The fraction of sp³-hybridized carbons (Fsp3) is 0.462. The number of hydrogen-bond acceptors (Lipinski definition) is 2. The Bertz CT molecular complexity index is 426. The molecule has 1 aromatic carbocycles. The maximum atomic E-state index is 13.6. The van der Waals surface area contributed by atoms with E-state index in [1.165, 1.54) is 13.2 Å². The van der Waals surface area contributed by atoms with Crippen molar-refractivity contribution in [3.05, 3.63) is 35.6 Å². The van der Waals surface area contributed by atoms with Crippen molar-refractivity contribution in [1.29, 1.82) is 0 Å². The second kappa shape index (κ2) is 3.58. The first kappa shape index (κ1) is 11.1. The van der Waals surface area contributed by atoms with Crippen LogP contribution >= 0.6 is 0 Å². The highest BCUT2D eigenvalue weighted by molar-refractivity contribution is 5.79. The predicted molar refractivity (Wildman–Crippen MR) is 58.4 cm³/mol. The van der Waals surface area contributed by atoms with Crippen LogP contribution < -0.4 is 0 Å². The third kappa shape index (κ3) is 1.51. The molecule has 0 spiro atoms. The van der Waals surface area contributed by atoms with Gasteiger partial charge in [-0.3, -0.25) is 4.79 Å². The fourth-order valence-corrected chi connectivity index (χ4v) is 2.51. The summed E-state index contributed by atoms with van der Waals surface area (Å²) in [6, 6.07) is 6.62. The lowest BCUT2D eigenvalue weighted by atomic mass is 10.0. The van der Waals surface area contributed by atoms with Crippen LogP contribution in [0.2, 0.25) is 0 Å². The van der Waals surface area contributed by atoms with Gasteiger partial charge in [0.25, 0.3) is 0 Å². The molecule has 1 aromatic rings. The minimum atomic E-state index is -0.252. The minimum Gasteiger partial charge on any atom is -0.469 e. The summed E-state index contributed by atoms with van der Waals surface area (Å²) in [6.45, 7) is 3.93. The lowest BCUT2D eigenvalue weighted by Crippen LogP contribution is -2.07. The van der Waals surface area contributed by atoms with Crippen LogP contribution in [0, 0.1) is 17.2 Å². The highest BCUT2D eigenvalue weighted by Crippen LogP contribution is 2.65. The van der Waals surface area contributed by atoms with E-state index in [9.17, 15) is 9.18 Å². The number of methoxy groups -OCH3 is 1. The zero-order chi connectivity index (χ0) is 11.9. The summed E-state index contributed by atoms with van der Waals surface area (Å²) in [4.78, 5) is 11.5. The fourth-order valence-electron chi connectivity index (χ4n) is 2.51. The second-order valence-corrected chi connectivity index (χ2v) is 4.82. The molecule has 2 nitrogen and oxygen atoms in total. The molecule has 1 aliphatic carbocycles. The van der Waals surface area contributed by atoms with Crippen LogP contribution in [0.4, 0.5) is 4.39 Å². The van der Waals surface area contributed by atoms with Crippen molar-refractivity contribution in [1.82, 2.24) is 0 Å². The number of hydrogen-bond donors (Lipinski definition) is 0. The molecule has 0 N–H and O–H groups in total. The van der Waals surface area contributed by atoms with Crippen LogP contribution in [-0.4, -0.2) is 13.1 Å². The zero-order valence-corrected chi connectivity index (χ0v) is 9.66. The number of benzene rings is 1. The molecule has 0 amide bonds. The van der Waals surface area contributed by atoms with Gasteiger partial charge in [0.15, 0.2) is 0 Å². The van der Waals surface area contributed by atoms with Crippen LogP contribution in [0.1, 0.15) is 25.3 Å². The van der Waals surface area contributed by atoms with E-state index in [4.69, 9.17) is 4.74 Å². The van der Waals surface area contributed by atoms with Crippen LogP contribution in [0.25, 0.3) is 0 Å². The first-order valence-corrected chi connectivity index (χ1v) is 5.32. The quantitative estimate of drug-likeness (QED) is 0.719. The molecule has 2 atom stereocenters. The molecule has 0 saturated heterocycles. The first-order chi connectivity index (χ1) is 7.50. The zero-order valence-electron chi connectivity index (χ0n) is 9.66. The Balaban J connectivity index is 2.31. The number of esters is 1. The molecule has 0 bridgehead atoms. The Hall–Kier alpha value is -1.38. The molecule has 0 aromatic heterocycles. The van der Waals surface area contributed by atoms with Crippen molar-refractivity contribution in [3.63, 3.8) is 0 Å². The van der Waals surface area contributed by atoms with Gasteiger partial charge in [-0.05, 0) is 17.0 Å². The van der Waals surface area contributed by atoms with Gasteiger partial charge in [0.05, 0.1) is 13.0 Å². The molecule has 0 aliphatic heterocycles. The molecular formula is C13H15FO2. The van der Waals surface area contributed by atoms with Crippen molar-refractivity contribution in [2.45, 2.75) is 19.8 Å². The van der Waals surface area contributed by atoms with Crippen molar-refractivity contribution in [3.8, 4) is 0 Å². The van der Waals surface area contributed by atoms with E-state index in [1.54, 1.807) is 18.2 Å². The van der Waals surface area contributed by atoms with Gasteiger partial charge < -0.3 is 4.74 Å². The summed E-state index contributed by atoms with van der Waals surface area (Å²) in [5.74, 6) is -0.791. The van der Waals surface area contributed by atoms with Crippen LogP contribution in [0.15, 0.2) is 24.3 Å². The topological polar surface area (TPSA) is 26.3 Å². The lowest BCUT2D eigenvalue weighted by molar-refractivity contribution is -0.143. The van der Waals surface area contributed by atoms with Gasteiger partial charge in [-0.15, -0.1) is 0 Å². The Morgan fingerprint density at radius 2 is 2.00 bits per heavy atom. The van der Waals surface area contributed by atoms with Gasteiger partial charge in [-0.25, -0.2) is 4.39 Å². The largest absolute Gasteiger partial charge is 0.469 e. The highest BCUT2D eigenvalue weighted by atomic mass is 19.1. The molecule has 2 unspecified atom stereocenters. The summed E-state index contributed by atoms with van der Waals surface area (Å²) in [5, 5.41) is 0. The van der Waals surface area contributed by atoms with Gasteiger partial charge in [0.2, 0.25) is 0 Å². The first-order valence-electron chi connectivity index (χ1n) is 5.32. The maximum Gasteiger partial charge on any atom is 0.309 e. The van der Waals surface area contributed by atoms with Gasteiger partial charge in [-0.1, -0.05) is 32.0 Å². The highest BCUT2D eigenvalue weighted by Gasteiger charge is 2.63. The van der Waals surface area contributed by atoms with E-state index in [1.807, 2.05) is 13.8 Å². The second-order valence-electron chi connectivity index (χ2n) is 4.82. The lowest BCUT2D eigenvalue weighted by Gasteiger charge is -2.03. The van der Waals surface area contributed by atoms with E-state index in [2.05, 4.69) is 0 Å². The van der Waals surface area contributed by atoms with Crippen LogP contribution in [-0.2, 0) is 9.53 Å². The van der Waals surface area contributed by atoms with Crippen molar-refractivity contribution in [2.24, 2.45) is 11.3 Å². The number of rotatable bonds is 2. The predicted octanol–water partition coefficient (Wildman–Crippen LogP) is 2.74. The SMILES string of the molecule is COC(=O)C1C(c2ccccc2F)C1(C)C. The standard InChI is InChI=1S/C13H15FO2/c1-13(2)10(11(13)12(15)16-3)8-6-4-5-7-9(8)14/h4-7,10-11H,1-3H3. The molecular weight excluding hydrogens is 207 g/mol. The number of halogens is 1. The minimum absolute atomic E-state index is 0.0684. The van der Waals surface area contributed by atoms with E-state index in [0.717, 1.165) is 0 Å². The number of carbonyl (C=O) groups excluding carboxylic acids is 1. The molecule has 86 valence electrons. The molecule has 0 heterocycles.